The number of amides is 2. The fourth-order valence-electron chi connectivity index (χ4n) is 6.62. The topological polar surface area (TPSA) is 78.9 Å². The molecule has 0 aromatic heterocycles. The van der Waals surface area contributed by atoms with Crippen LogP contribution in [0.25, 0.3) is 0 Å². The quantitative estimate of drug-likeness (QED) is 0.836. The van der Waals surface area contributed by atoms with Crippen molar-refractivity contribution in [3.63, 3.8) is 0 Å². The molecule has 150 valence electrons. The third-order valence-corrected chi connectivity index (χ3v) is 7.31. The van der Waals surface area contributed by atoms with Crippen molar-refractivity contribution < 1.29 is 19.4 Å². The highest BCUT2D eigenvalue weighted by atomic mass is 16.5. The van der Waals surface area contributed by atoms with Gasteiger partial charge in [-0.2, -0.15) is 0 Å². The summed E-state index contributed by atoms with van der Waals surface area (Å²) in [5, 5.41) is 14.0. The van der Waals surface area contributed by atoms with Gasteiger partial charge in [0.2, 0.25) is 11.8 Å². The van der Waals surface area contributed by atoms with E-state index in [1.165, 1.54) is 0 Å². The minimum Gasteiger partial charge on any atom is -0.494 e. The maximum atomic E-state index is 13.3. The number of carbonyl (C=O) groups excluding carboxylic acids is 2. The monoisotopic (exact) mass is 384 g/mol. The lowest BCUT2D eigenvalue weighted by Gasteiger charge is -2.59. The number of rotatable bonds is 4. The van der Waals surface area contributed by atoms with E-state index in [0.717, 1.165) is 44.2 Å². The van der Waals surface area contributed by atoms with Gasteiger partial charge < -0.3 is 20.1 Å². The van der Waals surface area contributed by atoms with Crippen LogP contribution < -0.4 is 15.0 Å². The van der Waals surface area contributed by atoms with Gasteiger partial charge in [-0.05, 0) is 68.9 Å². The van der Waals surface area contributed by atoms with Gasteiger partial charge in [0.1, 0.15) is 5.75 Å². The van der Waals surface area contributed by atoms with Crippen LogP contribution in [0.1, 0.15) is 51.4 Å². The molecule has 2 amide bonds. The molecule has 0 spiro atoms. The largest absolute Gasteiger partial charge is 0.494 e. The molecule has 5 fully saturated rings. The molecule has 5 aliphatic rings. The van der Waals surface area contributed by atoms with Gasteiger partial charge in [0.15, 0.2) is 0 Å². The van der Waals surface area contributed by atoms with E-state index in [0.29, 0.717) is 42.7 Å². The highest BCUT2D eigenvalue weighted by Crippen LogP contribution is 2.61. The lowest BCUT2D eigenvalue weighted by Crippen LogP contribution is -2.59. The van der Waals surface area contributed by atoms with Crippen LogP contribution in [-0.2, 0) is 9.59 Å². The molecule has 4 bridgehead atoms. The summed E-state index contributed by atoms with van der Waals surface area (Å²) in [5.41, 5.74) is 0.335. The van der Waals surface area contributed by atoms with Gasteiger partial charge in [0, 0.05) is 24.7 Å². The molecule has 2 atom stereocenters. The van der Waals surface area contributed by atoms with Crippen LogP contribution in [0.15, 0.2) is 18.2 Å². The molecular weight excluding hydrogens is 356 g/mol. The van der Waals surface area contributed by atoms with E-state index in [1.54, 1.807) is 18.1 Å². The number of methoxy groups -OCH3 is 1. The van der Waals surface area contributed by atoms with Crippen molar-refractivity contribution in [2.24, 2.45) is 17.3 Å². The summed E-state index contributed by atoms with van der Waals surface area (Å²) < 4.78 is 5.51. The molecule has 1 saturated heterocycles. The van der Waals surface area contributed by atoms with Crippen LogP contribution in [0, 0.1) is 17.3 Å². The zero-order chi connectivity index (χ0) is 19.5. The predicted octanol–water partition coefficient (Wildman–Crippen LogP) is 3.09. The molecule has 2 unspecified atom stereocenters. The predicted molar refractivity (Wildman–Crippen MR) is 105 cm³/mol. The van der Waals surface area contributed by atoms with Gasteiger partial charge in [0.05, 0.1) is 23.8 Å². The van der Waals surface area contributed by atoms with Gasteiger partial charge in [-0.1, -0.05) is 0 Å². The molecule has 6 nitrogen and oxygen atoms in total. The van der Waals surface area contributed by atoms with Crippen LogP contribution >= 0.6 is 0 Å². The first kappa shape index (κ1) is 18.0. The Balaban J connectivity index is 1.38. The third kappa shape index (κ3) is 2.81. The second kappa shape index (κ2) is 6.21. The zero-order valence-electron chi connectivity index (χ0n) is 16.4. The van der Waals surface area contributed by atoms with Crippen molar-refractivity contribution in [3.05, 3.63) is 18.2 Å². The molecule has 1 heterocycles. The first-order chi connectivity index (χ1) is 13.4. The van der Waals surface area contributed by atoms with Crippen LogP contribution in [0.5, 0.6) is 5.75 Å². The van der Waals surface area contributed by atoms with Gasteiger partial charge in [-0.15, -0.1) is 0 Å². The molecule has 6 heteroatoms. The number of carbonyl (C=O) groups is 2. The minimum absolute atomic E-state index is 0.0204. The van der Waals surface area contributed by atoms with Crippen LogP contribution in [0.3, 0.4) is 0 Å². The summed E-state index contributed by atoms with van der Waals surface area (Å²) in [4.78, 5) is 27.1. The molecule has 6 rings (SSSR count). The number of hydrogen-bond acceptors (Lipinski definition) is 4. The molecule has 4 saturated carbocycles. The number of nitrogens with zero attached hydrogens (tertiary/aromatic N) is 1. The van der Waals surface area contributed by atoms with Crippen molar-refractivity contribution in [1.29, 1.82) is 0 Å². The minimum atomic E-state index is -0.654. The summed E-state index contributed by atoms with van der Waals surface area (Å²) in [7, 11) is 1.58. The fraction of sp³-hybridized carbons (Fsp3) is 0.636. The Kier molecular flexibility index (Phi) is 3.99. The summed E-state index contributed by atoms with van der Waals surface area (Å²) in [6.07, 6.45) is 6.63. The van der Waals surface area contributed by atoms with Gasteiger partial charge in [-0.25, -0.2) is 0 Å². The molecule has 1 aromatic rings. The van der Waals surface area contributed by atoms with Crippen LogP contribution in [-0.4, -0.2) is 36.2 Å². The normalized spacial score (nSPS) is 36.1. The maximum Gasteiger partial charge on any atom is 0.230 e. The Morgan fingerprint density at radius 3 is 2.61 bits per heavy atom. The van der Waals surface area contributed by atoms with E-state index in [2.05, 4.69) is 5.32 Å². The zero-order valence-corrected chi connectivity index (χ0v) is 16.4. The first-order valence-electron chi connectivity index (χ1n) is 10.4. The molecule has 4 aliphatic carbocycles. The van der Waals surface area contributed by atoms with Gasteiger partial charge in [-0.3, -0.25) is 9.59 Å². The van der Waals surface area contributed by atoms with Crippen molar-refractivity contribution >= 4 is 23.2 Å². The summed E-state index contributed by atoms with van der Waals surface area (Å²) in [5.74, 6) is 1.66. The molecule has 1 aromatic carbocycles. The number of anilines is 2. The molecule has 0 radical (unpaired) electrons. The summed E-state index contributed by atoms with van der Waals surface area (Å²) >= 11 is 0. The Hall–Kier alpha value is -2.08. The van der Waals surface area contributed by atoms with E-state index in [1.807, 2.05) is 12.1 Å². The Labute approximate surface area is 165 Å². The summed E-state index contributed by atoms with van der Waals surface area (Å²) in [6, 6.07) is 5.50. The van der Waals surface area contributed by atoms with Gasteiger partial charge in [0.25, 0.3) is 0 Å². The smallest absolute Gasteiger partial charge is 0.230 e. The van der Waals surface area contributed by atoms with E-state index in [9.17, 15) is 14.7 Å². The van der Waals surface area contributed by atoms with E-state index >= 15 is 0 Å². The number of benzene rings is 1. The molecular formula is C22H28N2O4. The van der Waals surface area contributed by atoms with E-state index in [4.69, 9.17) is 4.74 Å². The maximum absolute atomic E-state index is 13.3. The number of ether oxygens (including phenoxy) is 1. The van der Waals surface area contributed by atoms with E-state index < -0.39 is 11.0 Å². The van der Waals surface area contributed by atoms with Crippen molar-refractivity contribution in [3.8, 4) is 5.75 Å². The molecule has 2 N–H and O–H groups in total. The van der Waals surface area contributed by atoms with E-state index in [-0.39, 0.29) is 11.8 Å². The lowest BCUT2D eigenvalue weighted by molar-refractivity contribution is -0.174. The van der Waals surface area contributed by atoms with Crippen LogP contribution in [0.2, 0.25) is 0 Å². The highest BCUT2D eigenvalue weighted by molar-refractivity contribution is 5.99. The molecule has 28 heavy (non-hydrogen) atoms. The highest BCUT2D eigenvalue weighted by Gasteiger charge is 2.60. The van der Waals surface area contributed by atoms with Crippen molar-refractivity contribution in [2.45, 2.75) is 57.0 Å². The fourth-order valence-corrected chi connectivity index (χ4v) is 6.62. The third-order valence-electron chi connectivity index (χ3n) is 7.31. The van der Waals surface area contributed by atoms with Crippen molar-refractivity contribution in [1.82, 2.24) is 0 Å². The first-order valence-corrected chi connectivity index (χ1v) is 10.4. The standard InChI is InChI=1S/C22H28N2O4/c1-28-18-8-16(4-5-17(18)24-6-2-3-19(24)25)23-20(26)21-9-14-7-15(10-21)12-22(27,11-14)13-21/h4-5,8,14-15,27H,2-3,6-7,9-13H2,1H3,(H,23,26). The SMILES string of the molecule is COc1cc(NC(=O)C23CC4CC(CC(O)(C4)C2)C3)ccc1N1CCCC1=O. The Morgan fingerprint density at radius 1 is 1.25 bits per heavy atom. The van der Waals surface area contributed by atoms with Crippen molar-refractivity contribution in [2.75, 3.05) is 23.9 Å². The van der Waals surface area contributed by atoms with Gasteiger partial charge >= 0.3 is 0 Å². The lowest BCUT2D eigenvalue weighted by atomic mass is 9.47. The average Bonchev–Trinajstić information content (AvgIpc) is 3.05. The summed E-state index contributed by atoms with van der Waals surface area (Å²) in [6.45, 7) is 0.700. The Bertz CT molecular complexity index is 822. The number of aliphatic hydroxyl groups is 1. The molecule has 1 aliphatic heterocycles. The second-order valence-corrected chi connectivity index (χ2v) is 9.46. The number of hydrogen-bond donors (Lipinski definition) is 2. The average molecular weight is 384 g/mol. The number of nitrogens with one attached hydrogen (secondary N) is 1. The second-order valence-electron chi connectivity index (χ2n) is 9.46. The Morgan fingerprint density at radius 2 is 2.00 bits per heavy atom. The van der Waals surface area contributed by atoms with Crippen LogP contribution in [0.4, 0.5) is 11.4 Å².